The van der Waals surface area contributed by atoms with Gasteiger partial charge in [-0.3, -0.25) is 5.32 Å². The Morgan fingerprint density at radius 2 is 2.36 bits per heavy atom. The minimum absolute atomic E-state index is 0.204. The van der Waals surface area contributed by atoms with Crippen molar-refractivity contribution in [3.8, 4) is 5.75 Å². The van der Waals surface area contributed by atoms with Gasteiger partial charge in [-0.2, -0.15) is 0 Å². The van der Waals surface area contributed by atoms with Crippen molar-refractivity contribution in [3.63, 3.8) is 0 Å². The number of hydrogen-bond donors (Lipinski definition) is 1. The van der Waals surface area contributed by atoms with Crippen molar-refractivity contribution in [2.24, 2.45) is 0 Å². The monoisotopic (exact) mass is 191 g/mol. The lowest BCUT2D eigenvalue weighted by molar-refractivity contribution is 0.140. The minimum atomic E-state index is 0.204. The maximum Gasteiger partial charge on any atom is 0.150 e. The van der Waals surface area contributed by atoms with Gasteiger partial charge in [0.1, 0.15) is 5.75 Å². The number of nitrogens with one attached hydrogen (secondary N) is 1. The van der Waals surface area contributed by atoms with Crippen LogP contribution in [0.1, 0.15) is 24.5 Å². The molecule has 0 bridgehead atoms. The molecule has 1 aliphatic rings. The number of rotatable bonds is 2. The zero-order valence-corrected chi connectivity index (χ0v) is 8.84. The van der Waals surface area contributed by atoms with E-state index >= 15 is 0 Å². The smallest absolute Gasteiger partial charge is 0.150 e. The van der Waals surface area contributed by atoms with E-state index in [0.717, 1.165) is 25.1 Å². The Hall–Kier alpha value is -1.02. The third-order valence-electron chi connectivity index (χ3n) is 2.59. The van der Waals surface area contributed by atoms with Crippen LogP contribution in [0.5, 0.6) is 5.75 Å². The Morgan fingerprint density at radius 1 is 1.50 bits per heavy atom. The van der Waals surface area contributed by atoms with Gasteiger partial charge in [0.25, 0.3) is 0 Å². The number of benzene rings is 1. The quantitative estimate of drug-likeness (QED) is 0.774. The van der Waals surface area contributed by atoms with Crippen molar-refractivity contribution < 1.29 is 4.74 Å². The molecule has 0 saturated heterocycles. The van der Waals surface area contributed by atoms with Crippen LogP contribution in [0, 0.1) is 6.92 Å². The second-order valence-electron chi connectivity index (χ2n) is 3.81. The van der Waals surface area contributed by atoms with Crippen LogP contribution in [0.15, 0.2) is 18.2 Å². The fourth-order valence-electron chi connectivity index (χ4n) is 1.89. The first-order valence-electron chi connectivity index (χ1n) is 5.29. The van der Waals surface area contributed by atoms with E-state index in [1.807, 2.05) is 0 Å². The van der Waals surface area contributed by atoms with Crippen molar-refractivity contribution in [1.82, 2.24) is 5.32 Å². The highest BCUT2D eigenvalue weighted by atomic mass is 16.5. The van der Waals surface area contributed by atoms with E-state index in [2.05, 4.69) is 37.4 Å². The van der Waals surface area contributed by atoms with Gasteiger partial charge in [0.15, 0.2) is 6.23 Å². The molecule has 0 amide bonds. The van der Waals surface area contributed by atoms with Crippen molar-refractivity contribution in [2.45, 2.75) is 32.9 Å². The molecule has 2 nitrogen and oxygen atoms in total. The van der Waals surface area contributed by atoms with E-state index < -0.39 is 0 Å². The summed E-state index contributed by atoms with van der Waals surface area (Å²) in [6.07, 6.45) is 2.40. The number of fused-ring (bicyclic) bond motifs is 1. The van der Waals surface area contributed by atoms with Crippen LogP contribution in [-0.4, -0.2) is 12.8 Å². The third-order valence-corrected chi connectivity index (χ3v) is 2.59. The lowest BCUT2D eigenvalue weighted by atomic mass is 10.0. The lowest BCUT2D eigenvalue weighted by Crippen LogP contribution is -2.37. The molecule has 1 N–H and O–H groups in total. The predicted octanol–water partition coefficient (Wildman–Crippen LogP) is 2.26. The Kier molecular flexibility index (Phi) is 2.73. The van der Waals surface area contributed by atoms with Crippen LogP contribution in [0.3, 0.4) is 0 Å². The summed E-state index contributed by atoms with van der Waals surface area (Å²) >= 11 is 0. The summed E-state index contributed by atoms with van der Waals surface area (Å²) in [5.74, 6) is 1.05. The normalized spacial score (nSPS) is 20.0. The highest BCUT2D eigenvalue weighted by molar-refractivity contribution is 5.38. The number of ether oxygens (including phenoxy) is 1. The highest BCUT2D eigenvalue weighted by Crippen LogP contribution is 2.27. The Bertz CT molecular complexity index is 322. The molecule has 1 aliphatic heterocycles. The van der Waals surface area contributed by atoms with Gasteiger partial charge in [-0.1, -0.05) is 24.6 Å². The Labute approximate surface area is 85.3 Å². The van der Waals surface area contributed by atoms with Crippen LogP contribution in [0.4, 0.5) is 0 Å². The molecule has 76 valence electrons. The zero-order chi connectivity index (χ0) is 9.97. The molecule has 0 aromatic heterocycles. The minimum Gasteiger partial charge on any atom is -0.475 e. The highest BCUT2D eigenvalue weighted by Gasteiger charge is 2.18. The van der Waals surface area contributed by atoms with Crippen molar-refractivity contribution in [2.75, 3.05) is 6.54 Å². The third kappa shape index (κ3) is 1.90. The van der Waals surface area contributed by atoms with Crippen LogP contribution in [0.25, 0.3) is 0 Å². The molecule has 1 unspecified atom stereocenters. The summed E-state index contributed by atoms with van der Waals surface area (Å²) in [5, 5.41) is 3.32. The van der Waals surface area contributed by atoms with Gasteiger partial charge in [-0.25, -0.2) is 0 Å². The summed E-state index contributed by atoms with van der Waals surface area (Å²) in [7, 11) is 0. The van der Waals surface area contributed by atoms with Crippen molar-refractivity contribution in [3.05, 3.63) is 29.3 Å². The Morgan fingerprint density at radius 3 is 3.14 bits per heavy atom. The molecule has 14 heavy (non-hydrogen) atoms. The van der Waals surface area contributed by atoms with Gasteiger partial charge in [-0.05, 0) is 31.5 Å². The van der Waals surface area contributed by atoms with E-state index in [9.17, 15) is 0 Å². The molecule has 1 heterocycles. The molecule has 1 atom stereocenters. The molecule has 0 fully saturated rings. The van der Waals surface area contributed by atoms with E-state index in [1.54, 1.807) is 0 Å². The van der Waals surface area contributed by atoms with Crippen LogP contribution in [0.2, 0.25) is 0 Å². The van der Waals surface area contributed by atoms with Gasteiger partial charge in [-0.15, -0.1) is 0 Å². The summed E-state index contributed by atoms with van der Waals surface area (Å²) in [6.45, 7) is 5.19. The Balaban J connectivity index is 2.15. The van der Waals surface area contributed by atoms with E-state index in [-0.39, 0.29) is 6.23 Å². The van der Waals surface area contributed by atoms with Gasteiger partial charge in [0.2, 0.25) is 0 Å². The fraction of sp³-hybridized carbons (Fsp3) is 0.500. The topological polar surface area (TPSA) is 21.3 Å². The van der Waals surface area contributed by atoms with Gasteiger partial charge < -0.3 is 4.74 Å². The average molecular weight is 191 g/mol. The first kappa shape index (κ1) is 9.53. The summed E-state index contributed by atoms with van der Waals surface area (Å²) in [4.78, 5) is 0. The van der Waals surface area contributed by atoms with Crippen LogP contribution < -0.4 is 10.1 Å². The standard InChI is InChI=1S/C12H17NO/c1-3-13-12-7-5-10-8-9(2)4-6-11(10)14-12/h4,6,8,12-13H,3,5,7H2,1-2H3. The predicted molar refractivity (Wildman–Crippen MR) is 57.6 cm³/mol. The summed E-state index contributed by atoms with van der Waals surface area (Å²) < 4.78 is 5.82. The lowest BCUT2D eigenvalue weighted by Gasteiger charge is -2.26. The molecule has 0 saturated carbocycles. The van der Waals surface area contributed by atoms with Gasteiger partial charge in [0, 0.05) is 6.42 Å². The first-order valence-corrected chi connectivity index (χ1v) is 5.29. The van der Waals surface area contributed by atoms with Crippen LogP contribution >= 0.6 is 0 Å². The number of hydrogen-bond acceptors (Lipinski definition) is 2. The zero-order valence-electron chi connectivity index (χ0n) is 8.84. The van der Waals surface area contributed by atoms with E-state index in [4.69, 9.17) is 4.74 Å². The van der Waals surface area contributed by atoms with Gasteiger partial charge in [0.05, 0.1) is 0 Å². The molecular weight excluding hydrogens is 174 g/mol. The second kappa shape index (κ2) is 4.01. The molecule has 2 heteroatoms. The van der Waals surface area contributed by atoms with Crippen molar-refractivity contribution >= 4 is 0 Å². The largest absolute Gasteiger partial charge is 0.475 e. The molecule has 0 spiro atoms. The molecule has 1 aromatic rings. The fourth-order valence-corrected chi connectivity index (χ4v) is 1.89. The molecular formula is C12H17NO. The summed E-state index contributed by atoms with van der Waals surface area (Å²) in [6, 6.07) is 6.40. The molecule has 0 radical (unpaired) electrons. The average Bonchev–Trinajstić information content (AvgIpc) is 2.19. The second-order valence-corrected chi connectivity index (χ2v) is 3.81. The molecule has 2 rings (SSSR count). The first-order chi connectivity index (χ1) is 6.79. The van der Waals surface area contributed by atoms with E-state index in [0.29, 0.717) is 0 Å². The van der Waals surface area contributed by atoms with Gasteiger partial charge >= 0.3 is 0 Å². The van der Waals surface area contributed by atoms with Crippen LogP contribution in [-0.2, 0) is 6.42 Å². The molecule has 1 aromatic carbocycles. The maximum absolute atomic E-state index is 5.82. The molecule has 0 aliphatic carbocycles. The SMILES string of the molecule is CCNC1CCc2cc(C)ccc2O1. The maximum atomic E-state index is 5.82. The summed E-state index contributed by atoms with van der Waals surface area (Å²) in [5.41, 5.74) is 2.66. The number of aryl methyl sites for hydroxylation is 2. The van der Waals surface area contributed by atoms with E-state index in [1.165, 1.54) is 11.1 Å². The van der Waals surface area contributed by atoms with Crippen molar-refractivity contribution in [1.29, 1.82) is 0 Å².